The molecule has 0 bridgehead atoms. The minimum atomic E-state index is -1.33. The number of anilines is 1. The van der Waals surface area contributed by atoms with E-state index >= 15 is 0 Å². The molecule has 1 aromatic carbocycles. The molecule has 1 aliphatic rings. The van der Waals surface area contributed by atoms with Crippen molar-refractivity contribution in [3.8, 4) is 0 Å². The number of hydrogen-bond acceptors (Lipinski definition) is 9. The molecule has 4 unspecified atom stereocenters. The average Bonchev–Trinajstić information content (AvgIpc) is 3.01. The molecule has 130 valence electrons. The van der Waals surface area contributed by atoms with Gasteiger partial charge in [0.15, 0.2) is 6.23 Å². The Morgan fingerprint density at radius 1 is 1.25 bits per heavy atom. The fourth-order valence-electron chi connectivity index (χ4n) is 2.67. The second-order valence-electron chi connectivity index (χ2n) is 5.60. The molecule has 2 aromatic rings. The van der Waals surface area contributed by atoms with Crippen molar-refractivity contribution in [1.29, 1.82) is 0 Å². The third kappa shape index (κ3) is 3.17. The van der Waals surface area contributed by atoms with Crippen LogP contribution in [0.15, 0.2) is 22.8 Å². The van der Waals surface area contributed by atoms with Crippen LogP contribution in [0.25, 0.3) is 11.0 Å². The number of rotatable bonds is 4. The van der Waals surface area contributed by atoms with Crippen molar-refractivity contribution in [3.05, 3.63) is 18.2 Å². The highest BCUT2D eigenvalue weighted by Gasteiger charge is 2.44. The molecule has 10 nitrogen and oxygen atoms in total. The molecule has 1 aliphatic heterocycles. The highest BCUT2D eigenvalue weighted by Crippen LogP contribution is 2.24. The largest absolute Gasteiger partial charge is 0.394 e. The van der Waals surface area contributed by atoms with E-state index in [9.17, 15) is 20.1 Å². The first-order valence-electron chi connectivity index (χ1n) is 7.38. The lowest BCUT2D eigenvalue weighted by molar-refractivity contribution is -0.188. The number of aliphatic hydroxyl groups excluding tert-OH is 3. The van der Waals surface area contributed by atoms with Gasteiger partial charge in [0, 0.05) is 12.6 Å². The Morgan fingerprint density at radius 3 is 2.71 bits per heavy atom. The average molecular weight is 338 g/mol. The van der Waals surface area contributed by atoms with Crippen LogP contribution in [-0.4, -0.2) is 68.7 Å². The minimum absolute atomic E-state index is 0.389. The maximum absolute atomic E-state index is 11.4. The van der Waals surface area contributed by atoms with Crippen LogP contribution < -0.4 is 10.6 Å². The maximum Gasteiger partial charge on any atom is 0.217 e. The molecule has 0 radical (unpaired) electrons. The number of hydrogen-bond donors (Lipinski definition) is 5. The second kappa shape index (κ2) is 6.69. The standard InChI is InChI=1S/C14H18N4O6/c1-6(20)15-11-13(22)12(21)10(5-19)23-14(11)16-7-2-3-8-9(4-7)18-24-17-8/h2-4,10-14,16,19,21-22H,5H2,1H3,(H,15,20)/t10?,11-,12?,13?,14?/m0/s1. The summed E-state index contributed by atoms with van der Waals surface area (Å²) in [5, 5.41) is 42.5. The summed E-state index contributed by atoms with van der Waals surface area (Å²) < 4.78 is 10.2. The number of aliphatic hydroxyl groups is 3. The number of aromatic nitrogens is 2. The minimum Gasteiger partial charge on any atom is -0.394 e. The molecule has 3 rings (SSSR count). The molecule has 1 fully saturated rings. The Labute approximate surface area is 136 Å². The molecule has 0 spiro atoms. The van der Waals surface area contributed by atoms with E-state index in [1.54, 1.807) is 18.2 Å². The van der Waals surface area contributed by atoms with Gasteiger partial charge in [-0.15, -0.1) is 0 Å². The van der Waals surface area contributed by atoms with Crippen molar-refractivity contribution >= 4 is 22.6 Å². The third-order valence-electron chi connectivity index (χ3n) is 3.86. The lowest BCUT2D eigenvalue weighted by Crippen LogP contribution is -2.65. The third-order valence-corrected chi connectivity index (χ3v) is 3.86. The van der Waals surface area contributed by atoms with Gasteiger partial charge >= 0.3 is 0 Å². The van der Waals surface area contributed by atoms with Crippen LogP contribution in [0.2, 0.25) is 0 Å². The van der Waals surface area contributed by atoms with Crippen molar-refractivity contribution in [1.82, 2.24) is 15.6 Å². The summed E-state index contributed by atoms with van der Waals surface area (Å²) in [6.45, 7) is 0.816. The predicted octanol–water partition coefficient (Wildman–Crippen LogP) is -1.42. The Hall–Kier alpha value is -2.27. The number of fused-ring (bicyclic) bond motifs is 1. The molecule has 1 aromatic heterocycles. The van der Waals surface area contributed by atoms with Crippen LogP contribution in [0, 0.1) is 0 Å². The first-order chi connectivity index (χ1) is 11.5. The van der Waals surface area contributed by atoms with Crippen molar-refractivity contribution < 1.29 is 29.5 Å². The lowest BCUT2D eigenvalue weighted by atomic mass is 9.95. The van der Waals surface area contributed by atoms with Crippen LogP contribution in [0.1, 0.15) is 6.92 Å². The van der Waals surface area contributed by atoms with E-state index in [0.717, 1.165) is 0 Å². The van der Waals surface area contributed by atoms with Crippen LogP contribution in [0.3, 0.4) is 0 Å². The summed E-state index contributed by atoms with van der Waals surface area (Å²) in [5.41, 5.74) is 1.68. The smallest absolute Gasteiger partial charge is 0.217 e. The first kappa shape index (κ1) is 16.6. The fraction of sp³-hybridized carbons (Fsp3) is 0.500. The number of benzene rings is 1. The van der Waals surface area contributed by atoms with Gasteiger partial charge in [0.1, 0.15) is 35.4 Å². The zero-order valence-electron chi connectivity index (χ0n) is 12.8. The van der Waals surface area contributed by atoms with Crippen LogP contribution in [0.4, 0.5) is 5.69 Å². The zero-order chi connectivity index (χ0) is 17.3. The molecule has 0 saturated carbocycles. The molecule has 2 heterocycles. The number of amides is 1. The summed E-state index contributed by atoms with van der Waals surface area (Å²) >= 11 is 0. The summed E-state index contributed by atoms with van der Waals surface area (Å²) in [5.74, 6) is -0.389. The Kier molecular flexibility index (Phi) is 4.62. The van der Waals surface area contributed by atoms with Gasteiger partial charge in [0.25, 0.3) is 0 Å². The molecular formula is C14H18N4O6. The molecular weight excluding hydrogens is 320 g/mol. The number of nitrogens with zero attached hydrogens (tertiary/aromatic N) is 2. The van der Waals surface area contributed by atoms with Gasteiger partial charge < -0.3 is 30.7 Å². The number of nitrogens with one attached hydrogen (secondary N) is 2. The van der Waals surface area contributed by atoms with Gasteiger partial charge in [0.2, 0.25) is 5.91 Å². The fourth-order valence-corrected chi connectivity index (χ4v) is 2.67. The molecule has 24 heavy (non-hydrogen) atoms. The van der Waals surface area contributed by atoms with E-state index in [0.29, 0.717) is 16.7 Å². The Morgan fingerprint density at radius 2 is 2.00 bits per heavy atom. The topological polar surface area (TPSA) is 150 Å². The first-order valence-corrected chi connectivity index (χ1v) is 7.38. The van der Waals surface area contributed by atoms with Gasteiger partial charge in [-0.25, -0.2) is 4.63 Å². The SMILES string of the molecule is CC(=O)N[C@@H]1C(Nc2ccc3nonc3c2)OC(CO)C(O)C1O. The van der Waals surface area contributed by atoms with Gasteiger partial charge in [-0.2, -0.15) is 0 Å². The molecule has 0 aliphatic carbocycles. The molecule has 1 amide bonds. The summed E-state index contributed by atoms with van der Waals surface area (Å²) in [6.07, 6.45) is -4.50. The van der Waals surface area contributed by atoms with Crippen molar-refractivity contribution in [2.75, 3.05) is 11.9 Å². The van der Waals surface area contributed by atoms with Gasteiger partial charge in [-0.1, -0.05) is 0 Å². The predicted molar refractivity (Wildman–Crippen MR) is 80.8 cm³/mol. The second-order valence-corrected chi connectivity index (χ2v) is 5.60. The number of ether oxygens (including phenoxy) is 1. The highest BCUT2D eigenvalue weighted by atomic mass is 16.6. The van der Waals surface area contributed by atoms with Crippen LogP contribution >= 0.6 is 0 Å². The van der Waals surface area contributed by atoms with E-state index in [1.165, 1.54) is 6.92 Å². The normalized spacial score (nSPS) is 30.2. The molecule has 1 saturated heterocycles. The summed E-state index contributed by atoms with van der Waals surface area (Å²) in [7, 11) is 0. The Balaban J connectivity index is 1.84. The van der Waals surface area contributed by atoms with E-state index in [-0.39, 0.29) is 5.91 Å². The number of carbonyl (C=O) groups is 1. The zero-order valence-corrected chi connectivity index (χ0v) is 12.8. The van der Waals surface area contributed by atoms with Crippen molar-refractivity contribution in [2.45, 2.75) is 37.5 Å². The monoisotopic (exact) mass is 338 g/mol. The quantitative estimate of drug-likeness (QED) is 0.452. The van der Waals surface area contributed by atoms with Gasteiger partial charge in [-0.05, 0) is 28.5 Å². The molecule has 5 N–H and O–H groups in total. The van der Waals surface area contributed by atoms with Crippen LogP contribution in [0.5, 0.6) is 0 Å². The van der Waals surface area contributed by atoms with Crippen molar-refractivity contribution in [3.63, 3.8) is 0 Å². The Bertz CT molecular complexity index is 722. The van der Waals surface area contributed by atoms with Crippen LogP contribution in [-0.2, 0) is 9.53 Å². The number of carbonyl (C=O) groups excluding carboxylic acids is 1. The lowest BCUT2D eigenvalue weighted by Gasteiger charge is -2.43. The van der Waals surface area contributed by atoms with Gasteiger partial charge in [0.05, 0.1) is 6.61 Å². The molecule has 10 heteroatoms. The van der Waals surface area contributed by atoms with E-state index < -0.39 is 37.2 Å². The molecule has 5 atom stereocenters. The van der Waals surface area contributed by atoms with Crippen molar-refractivity contribution in [2.24, 2.45) is 0 Å². The van der Waals surface area contributed by atoms with Gasteiger partial charge in [-0.3, -0.25) is 4.79 Å². The summed E-state index contributed by atoms with van der Waals surface area (Å²) in [6, 6.07) is 4.13. The maximum atomic E-state index is 11.4. The van der Waals surface area contributed by atoms with E-state index in [1.807, 2.05) is 0 Å². The summed E-state index contributed by atoms with van der Waals surface area (Å²) in [4.78, 5) is 11.4. The van der Waals surface area contributed by atoms with E-state index in [2.05, 4.69) is 25.6 Å². The highest BCUT2D eigenvalue weighted by molar-refractivity contribution is 5.77. The van der Waals surface area contributed by atoms with E-state index in [4.69, 9.17) is 4.74 Å².